The number of carboxylic acid groups (broad SMARTS) is 3. The molecule has 0 saturated carbocycles. The number of fused-ring (bicyclic) bond motifs is 5. The summed E-state index contributed by atoms with van der Waals surface area (Å²) in [4.78, 5) is 86.6. The van der Waals surface area contributed by atoms with Crippen LogP contribution in [-0.4, -0.2) is 172 Å². The molecule has 18 rings (SSSR count). The number of hydrogen-bond acceptors (Lipinski definition) is 26. The van der Waals surface area contributed by atoms with Gasteiger partial charge in [0.25, 0.3) is 0 Å². The van der Waals surface area contributed by atoms with Gasteiger partial charge in [0.2, 0.25) is 0 Å². The van der Waals surface area contributed by atoms with Gasteiger partial charge < -0.3 is 54.7 Å². The molecule has 18 aromatic rings. The van der Waals surface area contributed by atoms with E-state index in [1.54, 1.807) is 79.7 Å². The summed E-state index contributed by atoms with van der Waals surface area (Å²) in [6, 6.07) is 95.5. The number of pyridine rings is 3. The van der Waals surface area contributed by atoms with E-state index in [1.165, 1.54) is 83.4 Å². The Kier molecular flexibility index (Phi) is 54.6. The molecule has 0 fully saturated rings. The SMILES string of the molecule is COC(O)CC(O)OC.COC(O)CC(O)OC.Cc1nc2ccccc2nc1-c1[c-]cc(C#N)cc1.Cc1nc2ccccc2nc1-c1[c-]cc(C#N)cc1.Cc1nc2ccccc2nc1-c1[c-]cc(C(F)(F)F)cc1.Cc1nc2ccccc2nc1-c1[c-]cc(Cl)cc1.Cc1nc2ccccc2nc1-c1[c-]cc(F)cc1.O=C(O)c1ccccn1.O=C(O)c1ccccn1.O=C(O)c1ccccn1.[Ir].[Ir].[Pt].[Pt].[Pt]. The average Bonchev–Trinajstić information content (AvgIpc) is 0.809. The number of nitriles is 2. The van der Waals surface area contributed by atoms with Crippen molar-refractivity contribution in [1.29, 1.82) is 10.5 Å². The number of carboxylic acids is 3. The van der Waals surface area contributed by atoms with Crippen LogP contribution < -0.4 is 0 Å². The van der Waals surface area contributed by atoms with Gasteiger partial charge in [-0.1, -0.05) is 78.9 Å². The fraction of sp³-hybridized carbons (Fsp3) is 0.151. The van der Waals surface area contributed by atoms with Crippen molar-refractivity contribution in [2.24, 2.45) is 0 Å². The van der Waals surface area contributed by atoms with E-state index < -0.39 is 54.8 Å². The minimum Gasteiger partial charge on any atom is -0.477 e. The summed E-state index contributed by atoms with van der Waals surface area (Å²) in [6.07, 6.45) is -3.64. The van der Waals surface area contributed by atoms with Crippen LogP contribution in [0.25, 0.3) is 111 Å². The predicted molar refractivity (Wildman–Crippen MR) is 517 cm³/mol. The van der Waals surface area contributed by atoms with Gasteiger partial charge in [0.1, 0.15) is 17.1 Å². The van der Waals surface area contributed by atoms with Crippen LogP contribution in [0.2, 0.25) is 5.02 Å². The molecule has 2 radical (unpaired) electrons. The van der Waals surface area contributed by atoms with E-state index in [2.05, 4.69) is 126 Å². The standard InChI is InChI=1S/C16H10F3N2.2C16H10N3.C15H10ClN2.C15H10FN2.3C6H5NO2.2C5H12O4.2Ir.3Pt/c1-10-15(21-14-5-3-2-4-13(14)20-10)11-6-8-12(9-7-11)16(17,18)19;2*1-11-16(13-8-6-12(10-17)7-9-13)19-15-5-3-2-4-14(15)18-11;2*1-10-15(11-6-8-12(16)9-7-11)18-14-5-3-2-4-13(14)17-10;3*8-6(9)5-3-1-2-4-7-5;2*1-8-4(6)3-5(7)9-2;;;;;/h2-6,8-9H,1H3;2*2-8H,1H3;2*2-6,8-9H,1H3;3*1-4H,(H,8,9);2*4-7H,3H2,1-2H3;;;;;/q5*-1;;;;;;;;;;. The number of rotatable bonds is 16. The number of aliphatic hydroxyl groups excluding tert-OH is 4. The summed E-state index contributed by atoms with van der Waals surface area (Å²) >= 11 is 5.87. The quantitative estimate of drug-likeness (QED) is 0.0268. The Hall–Kier alpha value is -13.2. The third-order valence-corrected chi connectivity index (χ3v) is 19.4. The Morgan fingerprint density at radius 3 is 0.745 bits per heavy atom. The fourth-order valence-corrected chi connectivity index (χ4v) is 12.2. The van der Waals surface area contributed by atoms with Crippen molar-refractivity contribution in [2.45, 2.75) is 78.8 Å². The number of para-hydroxylation sites is 10. The van der Waals surface area contributed by atoms with E-state index in [9.17, 15) is 31.9 Å². The Morgan fingerprint density at radius 1 is 0.338 bits per heavy atom. The molecule has 29 nitrogen and oxygen atoms in total. The number of benzene rings is 10. The molecule has 4 unspecified atom stereocenters. The first-order valence-corrected chi connectivity index (χ1v) is 42.4. The van der Waals surface area contributed by atoms with Crippen LogP contribution in [0.5, 0.6) is 0 Å². The molecule has 0 aliphatic carbocycles. The molecule has 39 heteroatoms. The molecule has 0 saturated heterocycles. The monoisotopic (exact) mass is 2880 g/mol. The van der Waals surface area contributed by atoms with Crippen molar-refractivity contribution < 1.29 is 190 Å². The third kappa shape index (κ3) is 39.7. The summed E-state index contributed by atoms with van der Waals surface area (Å²) in [5.74, 6) is -3.27. The minimum absolute atomic E-state index is 0. The number of hydrogen-bond donors (Lipinski definition) is 7. The largest absolute Gasteiger partial charge is 0.477 e. The normalized spacial score (nSPS) is 10.9. The molecule has 7 N–H and O–H groups in total. The molecular formula is C106H89ClF4Ir2N15O14Pt3-5. The summed E-state index contributed by atoms with van der Waals surface area (Å²) in [7, 11) is 5.42. The van der Waals surface area contributed by atoms with Crippen molar-refractivity contribution in [3.8, 4) is 68.4 Å². The number of ether oxygens (including phenoxy) is 4. The number of aryl methyl sites for hydroxylation is 5. The third-order valence-electron chi connectivity index (χ3n) is 19.1. The van der Waals surface area contributed by atoms with Gasteiger partial charge >= 0.3 is 24.1 Å². The van der Waals surface area contributed by atoms with Gasteiger partial charge in [0.05, 0.1) is 55.2 Å². The van der Waals surface area contributed by atoms with E-state index in [0.717, 1.165) is 130 Å². The van der Waals surface area contributed by atoms with Crippen LogP contribution in [0.1, 0.15) is 89.5 Å². The maximum absolute atomic E-state index is 12.9. The van der Waals surface area contributed by atoms with Crippen LogP contribution >= 0.6 is 11.6 Å². The van der Waals surface area contributed by atoms with Crippen LogP contribution in [0, 0.1) is 93.4 Å². The number of alkyl halides is 3. The maximum atomic E-state index is 12.9. The molecule has 0 aliphatic rings. The molecule has 0 bridgehead atoms. The number of aromatic carboxylic acids is 3. The van der Waals surface area contributed by atoms with Gasteiger partial charge in [0, 0.05) is 238 Å². The molecule has 10 aromatic carbocycles. The van der Waals surface area contributed by atoms with Gasteiger partial charge in [-0.2, -0.15) is 13.2 Å². The van der Waals surface area contributed by atoms with E-state index in [-0.39, 0.29) is 139 Å². The smallest absolute Gasteiger partial charge is 0.381 e. The van der Waals surface area contributed by atoms with Crippen molar-refractivity contribution >= 4 is 84.7 Å². The van der Waals surface area contributed by atoms with E-state index in [1.807, 2.05) is 173 Å². The number of halogens is 5. The van der Waals surface area contributed by atoms with Crippen LogP contribution in [0.15, 0.2) is 286 Å². The molecule has 0 amide bonds. The van der Waals surface area contributed by atoms with Gasteiger partial charge in [-0.3, -0.25) is 54.2 Å². The number of aromatic nitrogens is 13. The van der Waals surface area contributed by atoms with Crippen LogP contribution in [0.4, 0.5) is 17.6 Å². The van der Waals surface area contributed by atoms with Gasteiger partial charge in [-0.05, 0) is 153 Å². The molecule has 760 valence electrons. The molecular weight excluding hydrogens is 2790 g/mol. The Bertz CT molecular complexity index is 6780. The molecule has 8 aromatic heterocycles. The van der Waals surface area contributed by atoms with Crippen molar-refractivity contribution in [1.82, 2.24) is 64.8 Å². The summed E-state index contributed by atoms with van der Waals surface area (Å²) in [5.41, 5.74) is 20.9. The topological polar surface area (TPSA) is 445 Å². The van der Waals surface area contributed by atoms with E-state index >= 15 is 0 Å². The maximum Gasteiger partial charge on any atom is 0.381 e. The summed E-state index contributed by atoms with van der Waals surface area (Å²) in [6.45, 7) is 9.49. The van der Waals surface area contributed by atoms with Gasteiger partial charge in [-0.25, -0.2) is 39.9 Å². The second-order valence-electron chi connectivity index (χ2n) is 29.1. The second kappa shape index (κ2) is 63.8. The average molecular weight is 2880 g/mol. The zero-order valence-electron chi connectivity index (χ0n) is 78.1. The van der Waals surface area contributed by atoms with Crippen molar-refractivity contribution in [3.05, 3.63) is 389 Å². The van der Waals surface area contributed by atoms with Crippen molar-refractivity contribution in [2.75, 3.05) is 28.4 Å². The fourth-order valence-electron chi connectivity index (χ4n) is 12.1. The summed E-state index contributed by atoms with van der Waals surface area (Å²) in [5, 5.41) is 78.0. The second-order valence-corrected chi connectivity index (χ2v) is 29.5. The molecule has 8 heterocycles. The first-order valence-electron chi connectivity index (χ1n) is 42.0. The number of methoxy groups -OCH3 is 4. The Labute approximate surface area is 906 Å². The van der Waals surface area contributed by atoms with E-state index in [4.69, 9.17) is 57.9 Å². The minimum atomic E-state index is -4.36. The van der Waals surface area contributed by atoms with E-state index in [0.29, 0.717) is 38.6 Å². The van der Waals surface area contributed by atoms with Crippen LogP contribution in [-0.2, 0) is 129 Å². The summed E-state index contributed by atoms with van der Waals surface area (Å²) < 4.78 is 68.3. The van der Waals surface area contributed by atoms with Gasteiger partial charge in [0.15, 0.2) is 25.2 Å². The number of aliphatic hydroxyl groups is 4. The van der Waals surface area contributed by atoms with Crippen molar-refractivity contribution in [3.63, 3.8) is 0 Å². The van der Waals surface area contributed by atoms with Crippen LogP contribution in [0.3, 0.4) is 0 Å². The Morgan fingerprint density at radius 2 is 0.566 bits per heavy atom. The Balaban J connectivity index is 0.000000340. The zero-order valence-corrected chi connectivity index (χ0v) is 90.4. The molecule has 0 aliphatic heterocycles. The number of carbonyl (C=O) groups is 3. The number of nitrogens with zero attached hydrogens (tertiary/aromatic N) is 15. The molecule has 4 atom stereocenters. The van der Waals surface area contributed by atoms with Gasteiger partial charge in [-0.15, -0.1) is 161 Å². The molecule has 0 spiro atoms. The first kappa shape index (κ1) is 124. The predicted octanol–water partition coefficient (Wildman–Crippen LogP) is 19.5. The zero-order chi connectivity index (χ0) is 101. The molecule has 145 heavy (non-hydrogen) atoms. The first-order chi connectivity index (χ1) is 67.3.